The van der Waals surface area contributed by atoms with Crippen molar-refractivity contribution in [1.29, 1.82) is 0 Å². The Labute approximate surface area is 179 Å². The molecule has 1 unspecified atom stereocenters. The van der Waals surface area contributed by atoms with Crippen molar-refractivity contribution in [2.75, 3.05) is 18.4 Å². The smallest absolute Gasteiger partial charge is 0.293 e. The first-order valence-corrected chi connectivity index (χ1v) is 11.4. The van der Waals surface area contributed by atoms with Crippen LogP contribution in [0.2, 0.25) is 0 Å². The molecule has 1 fully saturated rings. The van der Waals surface area contributed by atoms with Gasteiger partial charge in [0.05, 0.1) is 9.82 Å². The highest BCUT2D eigenvalue weighted by Crippen LogP contribution is 2.33. The van der Waals surface area contributed by atoms with Crippen molar-refractivity contribution in [1.82, 2.24) is 19.5 Å². The van der Waals surface area contributed by atoms with Gasteiger partial charge in [0.1, 0.15) is 18.1 Å². The third-order valence-electron chi connectivity index (χ3n) is 5.26. The zero-order valence-corrected chi connectivity index (χ0v) is 17.5. The molecule has 1 aliphatic rings. The van der Waals surface area contributed by atoms with E-state index in [0.717, 1.165) is 30.9 Å². The number of aromatic nitrogens is 3. The molecule has 1 aromatic heterocycles. The average Bonchev–Trinajstić information content (AvgIpc) is 3.33. The largest absolute Gasteiger partial charge is 0.366 e. The second-order valence-electron chi connectivity index (χ2n) is 7.26. The van der Waals surface area contributed by atoms with Gasteiger partial charge in [-0.1, -0.05) is 36.8 Å². The van der Waals surface area contributed by atoms with Crippen LogP contribution in [0.4, 0.5) is 11.4 Å². The minimum atomic E-state index is -3.79. The summed E-state index contributed by atoms with van der Waals surface area (Å²) in [4.78, 5) is 15.3. The summed E-state index contributed by atoms with van der Waals surface area (Å²) in [5, 5.41) is 21.6. The monoisotopic (exact) mass is 442 g/mol. The fourth-order valence-electron chi connectivity index (χ4n) is 3.66. The van der Waals surface area contributed by atoms with Crippen LogP contribution < -0.4 is 5.32 Å². The van der Waals surface area contributed by atoms with Crippen LogP contribution in [0.3, 0.4) is 0 Å². The molecule has 2 heterocycles. The number of nitrogens with one attached hydrogen (secondary N) is 2. The van der Waals surface area contributed by atoms with Crippen LogP contribution in [0.5, 0.6) is 0 Å². The Morgan fingerprint density at radius 3 is 2.48 bits per heavy atom. The first-order valence-electron chi connectivity index (χ1n) is 9.92. The molecular weight excluding hydrogens is 420 g/mol. The molecule has 3 aromatic rings. The van der Waals surface area contributed by atoms with Crippen molar-refractivity contribution in [2.24, 2.45) is 0 Å². The van der Waals surface area contributed by atoms with E-state index < -0.39 is 21.0 Å². The van der Waals surface area contributed by atoms with Crippen molar-refractivity contribution in [3.63, 3.8) is 0 Å². The van der Waals surface area contributed by atoms with Crippen LogP contribution in [-0.2, 0) is 10.0 Å². The number of nitrogens with zero attached hydrogens (tertiary/aromatic N) is 4. The molecule has 1 atom stereocenters. The molecule has 2 aromatic carbocycles. The molecule has 11 heteroatoms. The number of benzene rings is 2. The molecule has 0 saturated carbocycles. The van der Waals surface area contributed by atoms with Gasteiger partial charge >= 0.3 is 0 Å². The van der Waals surface area contributed by atoms with E-state index >= 15 is 0 Å². The van der Waals surface area contributed by atoms with Crippen LogP contribution in [0.25, 0.3) is 0 Å². The SMILES string of the molecule is O=[N+]([O-])c1cc(S(=O)(=O)N2CCCCC2)ccc1NC(c1ccccc1)c1ncn[nH]1. The number of nitro benzene ring substituents is 1. The zero-order valence-electron chi connectivity index (χ0n) is 16.6. The first kappa shape index (κ1) is 20.9. The van der Waals surface area contributed by atoms with E-state index in [9.17, 15) is 18.5 Å². The van der Waals surface area contributed by atoms with E-state index in [1.165, 1.54) is 22.8 Å². The van der Waals surface area contributed by atoms with Crippen LogP contribution in [0, 0.1) is 10.1 Å². The lowest BCUT2D eigenvalue weighted by atomic mass is 10.1. The van der Waals surface area contributed by atoms with E-state index in [0.29, 0.717) is 18.9 Å². The number of hydrogen-bond donors (Lipinski definition) is 2. The topological polar surface area (TPSA) is 134 Å². The summed E-state index contributed by atoms with van der Waals surface area (Å²) in [6, 6.07) is 12.7. The number of nitro groups is 1. The van der Waals surface area contributed by atoms with Gasteiger partial charge in [0.2, 0.25) is 10.0 Å². The molecule has 1 saturated heterocycles. The van der Waals surface area contributed by atoms with Gasteiger partial charge in [-0.05, 0) is 30.5 Å². The number of hydrogen-bond acceptors (Lipinski definition) is 7. The average molecular weight is 443 g/mol. The number of anilines is 1. The molecule has 0 bridgehead atoms. The Hall–Kier alpha value is -3.31. The minimum Gasteiger partial charge on any atom is -0.366 e. The Kier molecular flexibility index (Phi) is 5.96. The van der Waals surface area contributed by atoms with Crippen LogP contribution >= 0.6 is 0 Å². The number of piperidine rings is 1. The van der Waals surface area contributed by atoms with E-state index in [4.69, 9.17) is 0 Å². The maximum absolute atomic E-state index is 13.0. The van der Waals surface area contributed by atoms with Crippen molar-refractivity contribution in [3.05, 3.63) is 76.4 Å². The normalized spacial score (nSPS) is 16.0. The molecular formula is C20H22N6O4S. The Bertz CT molecular complexity index is 1150. The van der Waals surface area contributed by atoms with Gasteiger partial charge in [0.15, 0.2) is 5.82 Å². The second kappa shape index (κ2) is 8.82. The molecule has 162 valence electrons. The second-order valence-corrected chi connectivity index (χ2v) is 9.20. The molecule has 10 nitrogen and oxygen atoms in total. The number of H-pyrrole nitrogens is 1. The van der Waals surface area contributed by atoms with Gasteiger partial charge in [-0.25, -0.2) is 13.4 Å². The van der Waals surface area contributed by atoms with E-state index in [2.05, 4.69) is 20.5 Å². The van der Waals surface area contributed by atoms with E-state index in [1.54, 1.807) is 0 Å². The summed E-state index contributed by atoms with van der Waals surface area (Å²) in [6.45, 7) is 0.857. The lowest BCUT2D eigenvalue weighted by Crippen LogP contribution is -2.35. The maximum atomic E-state index is 13.0. The van der Waals surface area contributed by atoms with Crippen LogP contribution in [-0.4, -0.2) is 45.9 Å². The Morgan fingerprint density at radius 2 is 1.84 bits per heavy atom. The van der Waals surface area contributed by atoms with Crippen molar-refractivity contribution < 1.29 is 13.3 Å². The van der Waals surface area contributed by atoms with Crippen LogP contribution in [0.1, 0.15) is 36.7 Å². The minimum absolute atomic E-state index is 0.0809. The predicted molar refractivity (Wildman–Crippen MR) is 114 cm³/mol. The molecule has 2 N–H and O–H groups in total. The van der Waals surface area contributed by atoms with Gasteiger partial charge in [-0.2, -0.15) is 9.40 Å². The summed E-state index contributed by atoms with van der Waals surface area (Å²) in [6.07, 6.45) is 3.92. The first-order chi connectivity index (χ1) is 15.0. The summed E-state index contributed by atoms with van der Waals surface area (Å²) in [7, 11) is -3.79. The molecule has 0 aliphatic carbocycles. The fraction of sp³-hybridized carbons (Fsp3) is 0.300. The number of aromatic amines is 1. The number of rotatable bonds is 7. The molecule has 0 spiro atoms. The molecule has 31 heavy (non-hydrogen) atoms. The van der Waals surface area contributed by atoms with Gasteiger partial charge in [-0.3, -0.25) is 15.2 Å². The van der Waals surface area contributed by atoms with E-state index in [1.807, 2.05) is 30.3 Å². The van der Waals surface area contributed by atoms with Gasteiger partial charge in [0, 0.05) is 19.2 Å². The standard InChI is InChI=1S/C20H22N6O4S/c27-26(28)18-13-16(31(29,30)25-11-5-2-6-12-25)9-10-17(18)23-19(20-21-14-22-24-20)15-7-3-1-4-8-15/h1,3-4,7-10,13-14,19,23H,2,5-6,11-12H2,(H,21,22,24). The highest BCUT2D eigenvalue weighted by Gasteiger charge is 2.29. The van der Waals surface area contributed by atoms with Gasteiger partial charge in [-0.15, -0.1) is 0 Å². The van der Waals surface area contributed by atoms with E-state index in [-0.39, 0.29) is 16.3 Å². The lowest BCUT2D eigenvalue weighted by Gasteiger charge is -2.26. The quantitative estimate of drug-likeness (QED) is 0.424. The third kappa shape index (κ3) is 4.42. The highest BCUT2D eigenvalue weighted by molar-refractivity contribution is 7.89. The zero-order chi connectivity index (χ0) is 21.8. The summed E-state index contributed by atoms with van der Waals surface area (Å²) in [5.41, 5.74) is 0.685. The number of sulfonamides is 1. The van der Waals surface area contributed by atoms with Crippen molar-refractivity contribution in [3.8, 4) is 0 Å². The fourth-order valence-corrected chi connectivity index (χ4v) is 5.20. The Balaban J connectivity index is 1.70. The van der Waals surface area contributed by atoms with Gasteiger partial charge in [0.25, 0.3) is 5.69 Å². The van der Waals surface area contributed by atoms with Crippen molar-refractivity contribution >= 4 is 21.4 Å². The van der Waals surface area contributed by atoms with Crippen molar-refractivity contribution in [2.45, 2.75) is 30.2 Å². The molecule has 4 rings (SSSR count). The highest BCUT2D eigenvalue weighted by atomic mass is 32.2. The van der Waals surface area contributed by atoms with Crippen LogP contribution in [0.15, 0.2) is 59.8 Å². The Morgan fingerprint density at radius 1 is 1.10 bits per heavy atom. The third-order valence-corrected chi connectivity index (χ3v) is 7.15. The summed E-state index contributed by atoms with van der Waals surface area (Å²) >= 11 is 0. The molecule has 1 aliphatic heterocycles. The molecule has 0 radical (unpaired) electrons. The predicted octanol–water partition coefficient (Wildman–Crippen LogP) is 3.09. The lowest BCUT2D eigenvalue weighted by molar-refractivity contribution is -0.384. The summed E-state index contributed by atoms with van der Waals surface area (Å²) in [5.74, 6) is 0.477. The summed E-state index contributed by atoms with van der Waals surface area (Å²) < 4.78 is 27.3. The maximum Gasteiger partial charge on any atom is 0.293 e. The molecule has 0 amide bonds. The van der Waals surface area contributed by atoms with Gasteiger partial charge < -0.3 is 5.32 Å².